The van der Waals surface area contributed by atoms with Crippen molar-refractivity contribution >= 4 is 11.6 Å². The highest BCUT2D eigenvalue weighted by Crippen LogP contribution is 2.20. The summed E-state index contributed by atoms with van der Waals surface area (Å²) in [5.41, 5.74) is 0.685. The minimum absolute atomic E-state index is 0.156. The first kappa shape index (κ1) is 21.1. The van der Waals surface area contributed by atoms with Gasteiger partial charge in [-0.1, -0.05) is 32.4 Å². The van der Waals surface area contributed by atoms with E-state index in [0.29, 0.717) is 5.69 Å². The maximum Gasteiger partial charge on any atom is 0.194 e. The van der Waals surface area contributed by atoms with E-state index >= 15 is 0 Å². The first-order valence-electron chi connectivity index (χ1n) is 10.6. The Balaban J connectivity index is 1.57. The van der Waals surface area contributed by atoms with Gasteiger partial charge in [-0.25, -0.2) is 4.39 Å². The number of anilines is 1. The fraction of sp³-hybridized carbons (Fsp3) is 0.571. The van der Waals surface area contributed by atoms with Crippen LogP contribution in [0.25, 0.3) is 0 Å². The highest BCUT2D eigenvalue weighted by molar-refractivity contribution is 5.80. The number of benzene rings is 1. The lowest BCUT2D eigenvalue weighted by Gasteiger charge is -2.38. The van der Waals surface area contributed by atoms with E-state index in [2.05, 4.69) is 43.7 Å². The topological polar surface area (TPSA) is 61.6 Å². The minimum Gasteiger partial charge on any atom is -0.366 e. The maximum atomic E-state index is 14.1. The summed E-state index contributed by atoms with van der Waals surface area (Å²) < 4.78 is 16.2. The smallest absolute Gasteiger partial charge is 0.194 e. The van der Waals surface area contributed by atoms with Crippen LogP contribution in [0.4, 0.5) is 10.1 Å². The Bertz CT molecular complexity index is 781. The zero-order valence-corrected chi connectivity index (χ0v) is 17.5. The molecule has 1 saturated heterocycles. The van der Waals surface area contributed by atoms with Crippen LogP contribution in [-0.2, 0) is 13.0 Å². The Morgan fingerprint density at radius 2 is 1.97 bits per heavy atom. The molecule has 0 amide bonds. The van der Waals surface area contributed by atoms with E-state index in [1.807, 2.05) is 12.1 Å². The van der Waals surface area contributed by atoms with Crippen LogP contribution in [-0.4, -0.2) is 64.9 Å². The van der Waals surface area contributed by atoms with Crippen LogP contribution >= 0.6 is 0 Å². The van der Waals surface area contributed by atoms with Crippen molar-refractivity contribution in [1.29, 1.82) is 0 Å². The largest absolute Gasteiger partial charge is 0.366 e. The molecule has 2 heterocycles. The van der Waals surface area contributed by atoms with Gasteiger partial charge in [-0.15, -0.1) is 10.2 Å². The van der Waals surface area contributed by atoms with E-state index in [4.69, 9.17) is 4.99 Å². The number of aromatic nitrogens is 3. The molecule has 0 atom stereocenters. The molecule has 2 aromatic rings. The molecular formula is C21H32FN7. The molecule has 0 radical (unpaired) electrons. The number of nitrogens with zero attached hydrogens (tertiary/aromatic N) is 6. The molecule has 0 aliphatic carbocycles. The van der Waals surface area contributed by atoms with E-state index < -0.39 is 0 Å². The number of hydrogen-bond acceptors (Lipinski definition) is 4. The van der Waals surface area contributed by atoms with Crippen LogP contribution < -0.4 is 10.2 Å². The number of aryl methyl sites for hydroxylation is 1. The van der Waals surface area contributed by atoms with Crippen molar-refractivity contribution in [2.24, 2.45) is 4.99 Å². The highest BCUT2D eigenvalue weighted by atomic mass is 19.1. The van der Waals surface area contributed by atoms with Gasteiger partial charge in [-0.05, 0) is 18.6 Å². The molecule has 1 N–H and O–H groups in total. The molecule has 0 unspecified atom stereocenters. The number of piperazine rings is 1. The minimum atomic E-state index is -0.156. The summed E-state index contributed by atoms with van der Waals surface area (Å²) in [6, 6.07) is 7.00. The molecule has 0 bridgehead atoms. The van der Waals surface area contributed by atoms with Gasteiger partial charge in [0.1, 0.15) is 18.0 Å². The average Bonchev–Trinajstić information content (AvgIpc) is 3.21. The van der Waals surface area contributed by atoms with Crippen LogP contribution in [0.2, 0.25) is 0 Å². The van der Waals surface area contributed by atoms with Gasteiger partial charge < -0.3 is 19.7 Å². The number of aliphatic imine (C=N–C) groups is 1. The Labute approximate surface area is 172 Å². The molecule has 0 spiro atoms. The van der Waals surface area contributed by atoms with Gasteiger partial charge >= 0.3 is 0 Å². The number of para-hydroxylation sites is 1. The van der Waals surface area contributed by atoms with Crippen molar-refractivity contribution in [3.8, 4) is 0 Å². The lowest BCUT2D eigenvalue weighted by Crippen LogP contribution is -2.53. The van der Waals surface area contributed by atoms with E-state index in [0.717, 1.165) is 76.9 Å². The van der Waals surface area contributed by atoms with Crippen molar-refractivity contribution < 1.29 is 4.39 Å². The molecule has 158 valence electrons. The maximum absolute atomic E-state index is 14.1. The first-order chi connectivity index (χ1) is 14.2. The standard InChI is InChI=1S/C21H32FN7/c1-3-5-10-23-21(24-11-12-29-17-25-26-20(29)4-2)28-15-13-27(14-16-28)19-9-7-6-8-18(19)22/h6-9,17H,3-5,10-16H2,1-2H3,(H,23,24). The quantitative estimate of drug-likeness (QED) is 0.418. The van der Waals surface area contributed by atoms with Crippen molar-refractivity contribution in [2.45, 2.75) is 39.7 Å². The summed E-state index contributed by atoms with van der Waals surface area (Å²) in [7, 11) is 0. The molecule has 7 nitrogen and oxygen atoms in total. The van der Waals surface area contributed by atoms with E-state index in [1.54, 1.807) is 12.4 Å². The van der Waals surface area contributed by atoms with Crippen LogP contribution in [0.15, 0.2) is 35.6 Å². The molecule has 8 heteroatoms. The number of guanidine groups is 1. The van der Waals surface area contributed by atoms with Gasteiger partial charge in [0.2, 0.25) is 0 Å². The van der Waals surface area contributed by atoms with Gasteiger partial charge in [-0.3, -0.25) is 4.99 Å². The number of nitrogens with one attached hydrogen (secondary N) is 1. The Morgan fingerprint density at radius 1 is 1.17 bits per heavy atom. The lowest BCUT2D eigenvalue weighted by molar-refractivity contribution is 0.369. The second kappa shape index (κ2) is 10.8. The summed E-state index contributed by atoms with van der Waals surface area (Å²) in [5, 5.41) is 11.6. The Morgan fingerprint density at radius 3 is 2.69 bits per heavy atom. The molecular weight excluding hydrogens is 369 g/mol. The molecule has 1 aromatic carbocycles. The second-order valence-electron chi connectivity index (χ2n) is 7.21. The summed E-state index contributed by atoms with van der Waals surface area (Å²) in [6.45, 7) is 9.84. The molecule has 29 heavy (non-hydrogen) atoms. The normalized spacial score (nSPS) is 15.1. The monoisotopic (exact) mass is 401 g/mol. The SMILES string of the molecule is CCCCN=C(NCCn1cnnc1CC)N1CCN(c2ccccc2F)CC1. The molecule has 0 saturated carbocycles. The fourth-order valence-corrected chi connectivity index (χ4v) is 3.51. The third-order valence-electron chi connectivity index (χ3n) is 5.19. The zero-order valence-electron chi connectivity index (χ0n) is 17.5. The molecule has 1 fully saturated rings. The van der Waals surface area contributed by atoms with Crippen molar-refractivity contribution in [1.82, 2.24) is 25.0 Å². The summed E-state index contributed by atoms with van der Waals surface area (Å²) in [5.74, 6) is 1.78. The predicted molar refractivity (Wildman–Crippen MR) is 115 cm³/mol. The van der Waals surface area contributed by atoms with Crippen LogP contribution in [0, 0.1) is 5.82 Å². The summed E-state index contributed by atoms with van der Waals surface area (Å²) >= 11 is 0. The molecule has 3 rings (SSSR count). The van der Waals surface area contributed by atoms with E-state index in [9.17, 15) is 4.39 Å². The van der Waals surface area contributed by atoms with Gasteiger partial charge in [0, 0.05) is 52.2 Å². The Kier molecular flexibility index (Phi) is 7.84. The van der Waals surface area contributed by atoms with Gasteiger partial charge in [0.25, 0.3) is 0 Å². The molecule has 1 aliphatic rings. The third-order valence-corrected chi connectivity index (χ3v) is 5.19. The highest BCUT2D eigenvalue weighted by Gasteiger charge is 2.21. The lowest BCUT2D eigenvalue weighted by atomic mass is 10.2. The van der Waals surface area contributed by atoms with Crippen molar-refractivity contribution in [2.75, 3.05) is 44.2 Å². The second-order valence-corrected chi connectivity index (χ2v) is 7.21. The van der Waals surface area contributed by atoms with Crippen molar-refractivity contribution in [3.63, 3.8) is 0 Å². The number of halogens is 1. The molecule has 1 aliphatic heterocycles. The predicted octanol–water partition coefficient (Wildman–Crippen LogP) is 2.55. The van der Waals surface area contributed by atoms with Crippen LogP contribution in [0.5, 0.6) is 0 Å². The fourth-order valence-electron chi connectivity index (χ4n) is 3.51. The Hall–Kier alpha value is -2.64. The number of unbranched alkanes of at least 4 members (excludes halogenated alkanes) is 1. The third kappa shape index (κ3) is 5.68. The van der Waals surface area contributed by atoms with Gasteiger partial charge in [-0.2, -0.15) is 0 Å². The average molecular weight is 402 g/mol. The summed E-state index contributed by atoms with van der Waals surface area (Å²) in [6.07, 6.45) is 4.85. The first-order valence-corrected chi connectivity index (χ1v) is 10.6. The molecule has 1 aromatic heterocycles. The number of hydrogen-bond donors (Lipinski definition) is 1. The zero-order chi connectivity index (χ0) is 20.5. The van der Waals surface area contributed by atoms with E-state index in [1.165, 1.54) is 6.07 Å². The van der Waals surface area contributed by atoms with Crippen LogP contribution in [0.3, 0.4) is 0 Å². The van der Waals surface area contributed by atoms with Crippen LogP contribution in [0.1, 0.15) is 32.5 Å². The van der Waals surface area contributed by atoms with Gasteiger partial charge in [0.15, 0.2) is 5.96 Å². The van der Waals surface area contributed by atoms with Gasteiger partial charge in [0.05, 0.1) is 5.69 Å². The van der Waals surface area contributed by atoms with Crippen molar-refractivity contribution in [3.05, 3.63) is 42.2 Å². The van der Waals surface area contributed by atoms with E-state index in [-0.39, 0.29) is 5.82 Å². The number of rotatable bonds is 8. The summed E-state index contributed by atoms with van der Waals surface area (Å²) in [4.78, 5) is 9.20.